The Bertz CT molecular complexity index is 1170. The lowest BCUT2D eigenvalue weighted by Gasteiger charge is -2.16. The van der Waals surface area contributed by atoms with Crippen LogP contribution in [0.1, 0.15) is 29.8 Å². The van der Waals surface area contributed by atoms with E-state index in [2.05, 4.69) is 4.98 Å². The smallest absolute Gasteiger partial charge is 0.123 e. The first-order valence-corrected chi connectivity index (χ1v) is 9.25. The van der Waals surface area contributed by atoms with Crippen molar-refractivity contribution in [2.45, 2.75) is 26.9 Å². The Morgan fingerprint density at radius 2 is 1.68 bits per heavy atom. The maximum Gasteiger partial charge on any atom is 0.123 e. The molecule has 2 heterocycles. The van der Waals surface area contributed by atoms with Crippen LogP contribution in [0.5, 0.6) is 0 Å². The number of halogens is 1. The van der Waals surface area contributed by atoms with Gasteiger partial charge in [0.2, 0.25) is 0 Å². The topological polar surface area (TPSA) is 46.0 Å². The molecule has 0 saturated carbocycles. The van der Waals surface area contributed by atoms with Crippen LogP contribution >= 0.6 is 0 Å². The Balaban J connectivity index is 2.08. The molecule has 0 bridgehead atoms. The van der Waals surface area contributed by atoms with E-state index in [9.17, 15) is 9.50 Å². The second-order valence-electron chi connectivity index (χ2n) is 7.17. The normalized spacial score (nSPS) is 12.3. The summed E-state index contributed by atoms with van der Waals surface area (Å²) in [6, 6.07) is 16.4. The number of benzene rings is 2. The van der Waals surface area contributed by atoms with Gasteiger partial charge in [-0.3, -0.25) is 4.98 Å². The number of aromatic nitrogens is 2. The van der Waals surface area contributed by atoms with Gasteiger partial charge in [0, 0.05) is 28.4 Å². The number of aliphatic hydroxyl groups excluding tert-OH is 1. The summed E-state index contributed by atoms with van der Waals surface area (Å²) in [7, 11) is 0. The fourth-order valence-corrected chi connectivity index (χ4v) is 3.56. The van der Waals surface area contributed by atoms with Crippen LogP contribution < -0.4 is 0 Å². The highest BCUT2D eigenvalue weighted by Crippen LogP contribution is 2.36. The van der Waals surface area contributed by atoms with E-state index >= 15 is 0 Å². The number of rotatable bonds is 3. The lowest BCUT2D eigenvalue weighted by molar-refractivity contribution is 0.201. The van der Waals surface area contributed by atoms with Gasteiger partial charge in [-0.25, -0.2) is 9.37 Å². The van der Waals surface area contributed by atoms with E-state index in [-0.39, 0.29) is 5.82 Å². The standard InChI is InChI=1S/C24H21FN2O/c1-14-10-20(16(3)28)22-13-21(17-4-6-19(25)7-5-17)24(27-23(22)11-14)18-8-9-26-15(2)12-18/h4-13,16,28H,1-3H3. The van der Waals surface area contributed by atoms with Gasteiger partial charge in [0.05, 0.1) is 17.3 Å². The molecule has 4 rings (SSSR count). The zero-order valence-electron chi connectivity index (χ0n) is 16.1. The summed E-state index contributed by atoms with van der Waals surface area (Å²) in [5, 5.41) is 11.2. The molecule has 0 saturated heterocycles. The van der Waals surface area contributed by atoms with Gasteiger partial charge in [0.25, 0.3) is 0 Å². The van der Waals surface area contributed by atoms with E-state index in [0.717, 1.165) is 50.1 Å². The van der Waals surface area contributed by atoms with E-state index in [4.69, 9.17) is 4.98 Å². The number of hydrogen-bond acceptors (Lipinski definition) is 3. The average molecular weight is 372 g/mol. The fourth-order valence-electron chi connectivity index (χ4n) is 3.56. The van der Waals surface area contributed by atoms with Crippen LogP contribution in [0.2, 0.25) is 0 Å². The molecule has 0 aliphatic heterocycles. The van der Waals surface area contributed by atoms with Crippen molar-refractivity contribution < 1.29 is 9.50 Å². The van der Waals surface area contributed by atoms with Crippen LogP contribution in [0.15, 0.2) is 60.8 Å². The number of nitrogens with zero attached hydrogens (tertiary/aromatic N) is 2. The minimum atomic E-state index is -0.612. The zero-order chi connectivity index (χ0) is 19.8. The van der Waals surface area contributed by atoms with E-state index in [1.807, 2.05) is 44.2 Å². The maximum absolute atomic E-state index is 13.5. The molecule has 1 unspecified atom stereocenters. The molecule has 140 valence electrons. The minimum absolute atomic E-state index is 0.279. The molecule has 0 spiro atoms. The van der Waals surface area contributed by atoms with Crippen LogP contribution in [-0.4, -0.2) is 15.1 Å². The third kappa shape index (κ3) is 3.39. The SMILES string of the molecule is Cc1cc(C(C)O)c2cc(-c3ccc(F)cc3)c(-c3ccnc(C)c3)nc2c1. The predicted octanol–water partition coefficient (Wildman–Crippen LogP) is 5.77. The summed E-state index contributed by atoms with van der Waals surface area (Å²) in [5.74, 6) is -0.279. The summed E-state index contributed by atoms with van der Waals surface area (Å²) in [5.41, 5.74) is 7.14. The van der Waals surface area contributed by atoms with Crippen molar-refractivity contribution in [1.82, 2.24) is 9.97 Å². The Morgan fingerprint density at radius 3 is 2.36 bits per heavy atom. The van der Waals surface area contributed by atoms with Crippen molar-refractivity contribution in [1.29, 1.82) is 0 Å². The van der Waals surface area contributed by atoms with Gasteiger partial charge in [0.1, 0.15) is 5.82 Å². The lowest BCUT2D eigenvalue weighted by Crippen LogP contribution is -1.98. The predicted molar refractivity (Wildman–Crippen MR) is 110 cm³/mol. The van der Waals surface area contributed by atoms with Crippen molar-refractivity contribution in [3.05, 3.63) is 83.4 Å². The molecule has 1 N–H and O–H groups in total. The van der Waals surface area contributed by atoms with Gasteiger partial charge in [-0.1, -0.05) is 18.2 Å². The summed E-state index contributed by atoms with van der Waals surface area (Å²) < 4.78 is 13.5. The molecule has 0 aliphatic rings. The van der Waals surface area contributed by atoms with Crippen LogP contribution in [-0.2, 0) is 0 Å². The van der Waals surface area contributed by atoms with Gasteiger partial charge in [-0.05, 0) is 73.9 Å². The molecule has 1 atom stereocenters. The molecule has 3 nitrogen and oxygen atoms in total. The van der Waals surface area contributed by atoms with Gasteiger partial charge in [0.15, 0.2) is 0 Å². The van der Waals surface area contributed by atoms with Crippen molar-refractivity contribution in [2.24, 2.45) is 0 Å². The largest absolute Gasteiger partial charge is 0.389 e. The molecule has 2 aromatic carbocycles. The average Bonchev–Trinajstić information content (AvgIpc) is 2.67. The summed E-state index contributed by atoms with van der Waals surface area (Å²) in [6.07, 6.45) is 1.15. The van der Waals surface area contributed by atoms with Crippen molar-refractivity contribution in [2.75, 3.05) is 0 Å². The van der Waals surface area contributed by atoms with Crippen molar-refractivity contribution in [3.63, 3.8) is 0 Å². The molecule has 4 heteroatoms. The Labute approximate surface area is 163 Å². The first kappa shape index (κ1) is 18.3. The molecule has 4 aromatic rings. The monoisotopic (exact) mass is 372 g/mol. The van der Waals surface area contributed by atoms with Crippen LogP contribution in [0.4, 0.5) is 4.39 Å². The molecule has 0 amide bonds. The lowest BCUT2D eigenvalue weighted by atomic mass is 9.94. The number of hydrogen-bond donors (Lipinski definition) is 1. The van der Waals surface area contributed by atoms with E-state index in [1.54, 1.807) is 25.3 Å². The van der Waals surface area contributed by atoms with E-state index in [1.165, 1.54) is 12.1 Å². The summed E-state index contributed by atoms with van der Waals surface area (Å²) >= 11 is 0. The minimum Gasteiger partial charge on any atom is -0.389 e. The zero-order valence-corrected chi connectivity index (χ0v) is 16.1. The molecule has 2 aromatic heterocycles. The second kappa shape index (κ2) is 7.13. The summed E-state index contributed by atoms with van der Waals surface area (Å²) in [4.78, 5) is 9.24. The number of aryl methyl sites for hydroxylation is 2. The van der Waals surface area contributed by atoms with Crippen LogP contribution in [0.3, 0.4) is 0 Å². The molecule has 0 radical (unpaired) electrons. The second-order valence-corrected chi connectivity index (χ2v) is 7.17. The highest BCUT2D eigenvalue weighted by Gasteiger charge is 2.16. The van der Waals surface area contributed by atoms with Crippen LogP contribution in [0.25, 0.3) is 33.3 Å². The Hall–Kier alpha value is -3.11. The molecular formula is C24H21FN2O. The van der Waals surface area contributed by atoms with Gasteiger partial charge >= 0.3 is 0 Å². The van der Waals surface area contributed by atoms with Gasteiger partial charge in [-0.2, -0.15) is 0 Å². The maximum atomic E-state index is 13.5. The quantitative estimate of drug-likeness (QED) is 0.496. The third-order valence-corrected chi connectivity index (χ3v) is 4.89. The number of pyridine rings is 2. The Kier molecular flexibility index (Phi) is 4.65. The molecule has 28 heavy (non-hydrogen) atoms. The molecule has 0 aliphatic carbocycles. The number of fused-ring (bicyclic) bond motifs is 1. The van der Waals surface area contributed by atoms with E-state index in [0.29, 0.717) is 0 Å². The van der Waals surface area contributed by atoms with Crippen LogP contribution in [0, 0.1) is 19.7 Å². The van der Waals surface area contributed by atoms with Crippen molar-refractivity contribution >= 4 is 10.9 Å². The van der Waals surface area contributed by atoms with Gasteiger partial charge in [-0.15, -0.1) is 0 Å². The first-order valence-electron chi connectivity index (χ1n) is 9.25. The number of aliphatic hydroxyl groups is 1. The van der Waals surface area contributed by atoms with Crippen molar-refractivity contribution in [3.8, 4) is 22.4 Å². The highest BCUT2D eigenvalue weighted by atomic mass is 19.1. The Morgan fingerprint density at radius 1 is 0.929 bits per heavy atom. The third-order valence-electron chi connectivity index (χ3n) is 4.89. The van der Waals surface area contributed by atoms with E-state index < -0.39 is 6.10 Å². The molecule has 0 fully saturated rings. The first-order chi connectivity index (χ1) is 13.4. The van der Waals surface area contributed by atoms with Gasteiger partial charge < -0.3 is 5.11 Å². The fraction of sp³-hybridized carbons (Fsp3) is 0.167. The summed E-state index contributed by atoms with van der Waals surface area (Å²) in [6.45, 7) is 5.70. The highest BCUT2D eigenvalue weighted by molar-refractivity contribution is 5.93. The molecular weight excluding hydrogens is 351 g/mol.